The van der Waals surface area contributed by atoms with Gasteiger partial charge in [0.25, 0.3) is 0 Å². The van der Waals surface area contributed by atoms with Crippen LogP contribution in [0.15, 0.2) is 12.5 Å². The number of H-pyrrole nitrogens is 1. The van der Waals surface area contributed by atoms with Crippen LogP contribution < -0.4 is 16.4 Å². The molecule has 1 fully saturated rings. The van der Waals surface area contributed by atoms with E-state index in [2.05, 4.69) is 20.6 Å². The molecule has 3 amide bonds. The number of carbonyl (C=O) groups is 5. The van der Waals surface area contributed by atoms with Crippen LogP contribution in [-0.4, -0.2) is 85.5 Å². The molecule has 1 aromatic heterocycles. The Morgan fingerprint density at radius 2 is 1.97 bits per heavy atom. The fraction of sp³-hybridized carbons (Fsp3) is 0.579. The molecule has 0 bridgehead atoms. The number of hydrogen-bond acceptors (Lipinski definition) is 7. The van der Waals surface area contributed by atoms with Crippen molar-refractivity contribution in [3.8, 4) is 0 Å². The van der Waals surface area contributed by atoms with E-state index in [9.17, 15) is 29.1 Å². The minimum absolute atomic E-state index is 0.125. The SMILES string of the molecule is CC(NC(=O)C(CCC(=O)O)NC(=O)C(N)Cc1cnc[nH]1)C(=O)N1CCCC1C(=O)O. The highest BCUT2D eigenvalue weighted by Gasteiger charge is 2.37. The Bertz CT molecular complexity index is 843. The molecule has 0 aliphatic carbocycles. The number of nitrogens with one attached hydrogen (secondary N) is 3. The van der Waals surface area contributed by atoms with Crippen LogP contribution in [0.1, 0.15) is 38.3 Å². The van der Waals surface area contributed by atoms with Crippen LogP contribution in [0, 0.1) is 0 Å². The lowest BCUT2D eigenvalue weighted by atomic mass is 10.1. The maximum atomic E-state index is 12.7. The molecule has 0 aromatic carbocycles. The summed E-state index contributed by atoms with van der Waals surface area (Å²) in [4.78, 5) is 67.9. The lowest BCUT2D eigenvalue weighted by Gasteiger charge is -2.27. The zero-order valence-electron chi connectivity index (χ0n) is 17.6. The van der Waals surface area contributed by atoms with Gasteiger partial charge in [-0.3, -0.25) is 19.2 Å². The molecular formula is C19H28N6O7. The van der Waals surface area contributed by atoms with E-state index in [1.54, 1.807) is 0 Å². The average Bonchev–Trinajstić information content (AvgIpc) is 3.41. The third-order valence-corrected chi connectivity index (χ3v) is 5.16. The second kappa shape index (κ2) is 11.2. The Kier molecular flexibility index (Phi) is 8.70. The second-order valence-corrected chi connectivity index (χ2v) is 7.64. The van der Waals surface area contributed by atoms with E-state index in [-0.39, 0.29) is 19.4 Å². The van der Waals surface area contributed by atoms with E-state index in [0.29, 0.717) is 18.5 Å². The highest BCUT2D eigenvalue weighted by atomic mass is 16.4. The molecule has 0 spiro atoms. The van der Waals surface area contributed by atoms with E-state index in [1.807, 2.05) is 0 Å². The highest BCUT2D eigenvalue weighted by molar-refractivity contribution is 5.94. The maximum absolute atomic E-state index is 12.7. The topological polar surface area (TPSA) is 208 Å². The average molecular weight is 452 g/mol. The van der Waals surface area contributed by atoms with E-state index >= 15 is 0 Å². The van der Waals surface area contributed by atoms with Gasteiger partial charge in [0, 0.05) is 31.3 Å². The molecule has 32 heavy (non-hydrogen) atoms. The van der Waals surface area contributed by atoms with Crippen LogP contribution >= 0.6 is 0 Å². The van der Waals surface area contributed by atoms with Crippen molar-refractivity contribution in [1.82, 2.24) is 25.5 Å². The van der Waals surface area contributed by atoms with E-state index in [1.165, 1.54) is 24.3 Å². The molecule has 1 aliphatic rings. The molecule has 2 heterocycles. The number of hydrogen-bond donors (Lipinski definition) is 6. The predicted octanol–water partition coefficient (Wildman–Crippen LogP) is -1.79. The summed E-state index contributed by atoms with van der Waals surface area (Å²) in [5, 5.41) is 23.1. The van der Waals surface area contributed by atoms with Gasteiger partial charge in [-0.25, -0.2) is 9.78 Å². The Balaban J connectivity index is 2.00. The van der Waals surface area contributed by atoms with Crippen molar-refractivity contribution in [3.05, 3.63) is 18.2 Å². The van der Waals surface area contributed by atoms with E-state index < -0.39 is 60.2 Å². The lowest BCUT2D eigenvalue weighted by molar-refractivity contribution is -0.149. The number of carboxylic acid groups (broad SMARTS) is 2. The summed E-state index contributed by atoms with van der Waals surface area (Å²) < 4.78 is 0. The minimum Gasteiger partial charge on any atom is -0.481 e. The van der Waals surface area contributed by atoms with Crippen LogP contribution in [0.3, 0.4) is 0 Å². The number of aliphatic carboxylic acids is 2. The molecule has 1 saturated heterocycles. The molecule has 2 rings (SSSR count). The molecule has 4 atom stereocenters. The zero-order valence-corrected chi connectivity index (χ0v) is 17.6. The van der Waals surface area contributed by atoms with Crippen molar-refractivity contribution >= 4 is 29.7 Å². The summed E-state index contributed by atoms with van der Waals surface area (Å²) in [6.45, 7) is 1.66. The largest absolute Gasteiger partial charge is 0.481 e. The normalized spacial score (nSPS) is 18.4. The summed E-state index contributed by atoms with van der Waals surface area (Å²) in [5.41, 5.74) is 6.47. The number of aromatic nitrogens is 2. The second-order valence-electron chi connectivity index (χ2n) is 7.64. The van der Waals surface area contributed by atoms with Gasteiger partial charge in [0.1, 0.15) is 18.1 Å². The summed E-state index contributed by atoms with van der Waals surface area (Å²) in [5.74, 6) is -4.28. The van der Waals surface area contributed by atoms with Gasteiger partial charge in [-0.15, -0.1) is 0 Å². The third-order valence-electron chi connectivity index (χ3n) is 5.16. The minimum atomic E-state index is -1.24. The number of likely N-dealkylation sites (tertiary alicyclic amines) is 1. The third kappa shape index (κ3) is 6.77. The van der Waals surface area contributed by atoms with Gasteiger partial charge in [0.15, 0.2) is 0 Å². The van der Waals surface area contributed by atoms with E-state index in [4.69, 9.17) is 10.8 Å². The molecule has 0 saturated carbocycles. The van der Waals surface area contributed by atoms with Crippen LogP contribution in [0.25, 0.3) is 0 Å². The van der Waals surface area contributed by atoms with Crippen LogP contribution in [0.5, 0.6) is 0 Å². The first-order valence-electron chi connectivity index (χ1n) is 10.2. The quantitative estimate of drug-likeness (QED) is 0.224. The van der Waals surface area contributed by atoms with Crippen molar-refractivity contribution in [2.45, 2.75) is 63.2 Å². The number of carbonyl (C=O) groups excluding carboxylic acids is 3. The van der Waals surface area contributed by atoms with Gasteiger partial charge in [-0.2, -0.15) is 0 Å². The lowest BCUT2D eigenvalue weighted by Crippen LogP contribution is -2.56. The Hall–Kier alpha value is -3.48. The first-order valence-corrected chi connectivity index (χ1v) is 10.2. The highest BCUT2D eigenvalue weighted by Crippen LogP contribution is 2.18. The number of aromatic amines is 1. The Labute approximate surface area is 183 Å². The zero-order chi connectivity index (χ0) is 23.8. The van der Waals surface area contributed by atoms with Gasteiger partial charge < -0.3 is 36.5 Å². The van der Waals surface area contributed by atoms with Crippen molar-refractivity contribution in [2.75, 3.05) is 6.54 Å². The molecule has 0 radical (unpaired) electrons. The fourth-order valence-corrected chi connectivity index (χ4v) is 3.45. The van der Waals surface area contributed by atoms with Crippen molar-refractivity contribution in [2.24, 2.45) is 5.73 Å². The molecule has 4 unspecified atom stereocenters. The molecule has 13 nitrogen and oxygen atoms in total. The number of imidazole rings is 1. The molecule has 176 valence electrons. The number of nitrogens with two attached hydrogens (primary N) is 1. The number of carboxylic acids is 2. The van der Waals surface area contributed by atoms with Crippen LogP contribution in [0.2, 0.25) is 0 Å². The fourth-order valence-electron chi connectivity index (χ4n) is 3.45. The number of amides is 3. The molecule has 7 N–H and O–H groups in total. The van der Waals surface area contributed by atoms with Crippen LogP contribution in [-0.2, 0) is 30.4 Å². The predicted molar refractivity (Wildman–Crippen MR) is 109 cm³/mol. The maximum Gasteiger partial charge on any atom is 0.326 e. The number of rotatable bonds is 11. The summed E-state index contributed by atoms with van der Waals surface area (Å²) in [6.07, 6.45) is 3.30. The summed E-state index contributed by atoms with van der Waals surface area (Å²) in [6, 6.07) is -4.28. The smallest absolute Gasteiger partial charge is 0.326 e. The van der Waals surface area contributed by atoms with Crippen molar-refractivity contribution in [3.63, 3.8) is 0 Å². The monoisotopic (exact) mass is 452 g/mol. The first-order chi connectivity index (χ1) is 15.1. The van der Waals surface area contributed by atoms with Crippen molar-refractivity contribution < 1.29 is 34.2 Å². The van der Waals surface area contributed by atoms with Gasteiger partial charge in [-0.1, -0.05) is 0 Å². The van der Waals surface area contributed by atoms with Crippen molar-refractivity contribution in [1.29, 1.82) is 0 Å². The van der Waals surface area contributed by atoms with Gasteiger partial charge in [-0.05, 0) is 26.2 Å². The molecule has 1 aliphatic heterocycles. The van der Waals surface area contributed by atoms with Gasteiger partial charge >= 0.3 is 11.9 Å². The van der Waals surface area contributed by atoms with Gasteiger partial charge in [0.05, 0.1) is 12.4 Å². The number of nitrogens with zero attached hydrogens (tertiary/aromatic N) is 2. The first kappa shape index (κ1) is 24.8. The Morgan fingerprint density at radius 1 is 1.25 bits per heavy atom. The van der Waals surface area contributed by atoms with Crippen LogP contribution in [0.4, 0.5) is 0 Å². The standard InChI is InChI=1S/C19H28N6O7/c1-10(18(30)25-6-2-3-14(25)19(31)32)23-17(29)13(4-5-15(26)27)24-16(28)12(20)7-11-8-21-9-22-11/h8-10,12-14H,2-7,20H2,1H3,(H,21,22)(H,23,29)(H,24,28)(H,26,27)(H,31,32). The molecular weight excluding hydrogens is 424 g/mol. The van der Waals surface area contributed by atoms with Gasteiger partial charge in [0.2, 0.25) is 17.7 Å². The summed E-state index contributed by atoms with van der Waals surface area (Å²) >= 11 is 0. The molecule has 13 heteroatoms. The molecule has 1 aromatic rings. The van der Waals surface area contributed by atoms with E-state index in [0.717, 1.165) is 0 Å². The Morgan fingerprint density at radius 3 is 2.56 bits per heavy atom. The summed E-state index contributed by atoms with van der Waals surface area (Å²) in [7, 11) is 0.